The largest absolute Gasteiger partial charge is 0.445 e. The van der Waals surface area contributed by atoms with Crippen molar-refractivity contribution in [3.05, 3.63) is 59.2 Å². The van der Waals surface area contributed by atoms with Gasteiger partial charge in [-0.05, 0) is 90.3 Å². The van der Waals surface area contributed by atoms with E-state index in [2.05, 4.69) is 80.4 Å². The highest BCUT2D eigenvalue weighted by molar-refractivity contribution is 5.70. The fourth-order valence-corrected chi connectivity index (χ4v) is 6.58. The van der Waals surface area contributed by atoms with Crippen LogP contribution in [0.3, 0.4) is 0 Å². The van der Waals surface area contributed by atoms with E-state index in [0.29, 0.717) is 11.8 Å². The minimum atomic E-state index is -0.239. The Kier molecular flexibility index (Phi) is 6.45. The first-order chi connectivity index (χ1) is 16.4. The van der Waals surface area contributed by atoms with Crippen molar-refractivity contribution in [3.8, 4) is 11.1 Å². The second kappa shape index (κ2) is 9.37. The lowest BCUT2D eigenvalue weighted by Crippen LogP contribution is -2.53. The summed E-state index contributed by atoms with van der Waals surface area (Å²) in [6.07, 6.45) is 5.16. The number of benzene rings is 2. The van der Waals surface area contributed by atoms with Gasteiger partial charge >= 0.3 is 6.09 Å². The summed E-state index contributed by atoms with van der Waals surface area (Å²) in [6, 6.07) is 15.7. The molecular formula is C30H40N2O2. The third kappa shape index (κ3) is 4.26. The molecule has 2 atom stereocenters. The van der Waals surface area contributed by atoms with Crippen LogP contribution < -0.4 is 5.32 Å². The van der Waals surface area contributed by atoms with Crippen LogP contribution in [-0.4, -0.2) is 36.7 Å². The lowest BCUT2D eigenvalue weighted by Gasteiger charge is -2.44. The molecule has 2 aromatic rings. The van der Waals surface area contributed by atoms with E-state index in [-0.39, 0.29) is 23.7 Å². The maximum Gasteiger partial charge on any atom is 0.407 e. The summed E-state index contributed by atoms with van der Waals surface area (Å²) in [4.78, 5) is 15.5. The summed E-state index contributed by atoms with van der Waals surface area (Å²) in [5.74, 6) is 1.04. The topological polar surface area (TPSA) is 41.6 Å². The number of piperidine rings is 3. The highest BCUT2D eigenvalue weighted by Crippen LogP contribution is 2.51. The number of amides is 1. The number of nitrogens with one attached hydrogen (secondary N) is 1. The Hall–Kier alpha value is -2.33. The van der Waals surface area contributed by atoms with Crippen molar-refractivity contribution in [1.29, 1.82) is 0 Å². The van der Waals surface area contributed by atoms with Gasteiger partial charge in [-0.25, -0.2) is 4.79 Å². The Balaban J connectivity index is 1.38. The van der Waals surface area contributed by atoms with E-state index >= 15 is 0 Å². The normalized spacial score (nSPS) is 27.0. The second-order valence-electron chi connectivity index (χ2n) is 11.1. The number of fused-ring (bicyclic) bond motifs is 4. The zero-order valence-electron chi connectivity index (χ0n) is 21.3. The van der Waals surface area contributed by atoms with Crippen LogP contribution in [0.2, 0.25) is 0 Å². The van der Waals surface area contributed by atoms with Crippen LogP contribution >= 0.6 is 0 Å². The zero-order valence-corrected chi connectivity index (χ0v) is 21.3. The maximum absolute atomic E-state index is 13.1. The molecule has 1 N–H and O–H groups in total. The zero-order chi connectivity index (χ0) is 23.9. The highest BCUT2D eigenvalue weighted by Gasteiger charge is 2.45. The van der Waals surface area contributed by atoms with Gasteiger partial charge in [0.2, 0.25) is 0 Å². The fraction of sp³-hybridized carbons (Fsp3) is 0.567. The Morgan fingerprint density at radius 3 is 2.47 bits per heavy atom. The summed E-state index contributed by atoms with van der Waals surface area (Å²) in [7, 11) is 0. The van der Waals surface area contributed by atoms with E-state index in [9.17, 15) is 4.79 Å². The van der Waals surface area contributed by atoms with Crippen LogP contribution in [0.5, 0.6) is 0 Å². The van der Waals surface area contributed by atoms with Crippen molar-refractivity contribution < 1.29 is 9.53 Å². The van der Waals surface area contributed by atoms with Gasteiger partial charge in [0, 0.05) is 6.54 Å². The quantitative estimate of drug-likeness (QED) is 0.521. The molecule has 4 aliphatic rings. The number of ether oxygens (including phenoxy) is 1. The summed E-state index contributed by atoms with van der Waals surface area (Å²) >= 11 is 0. The number of hydrogen-bond acceptors (Lipinski definition) is 3. The van der Waals surface area contributed by atoms with Gasteiger partial charge in [-0.3, -0.25) is 4.90 Å². The van der Waals surface area contributed by atoms with Crippen LogP contribution in [0.4, 0.5) is 4.79 Å². The van der Waals surface area contributed by atoms with E-state index < -0.39 is 0 Å². The fourth-order valence-electron chi connectivity index (χ4n) is 6.58. The van der Waals surface area contributed by atoms with Crippen molar-refractivity contribution in [3.63, 3.8) is 0 Å². The molecule has 4 heteroatoms. The molecule has 34 heavy (non-hydrogen) atoms. The van der Waals surface area contributed by atoms with E-state index in [1.807, 2.05) is 0 Å². The minimum absolute atomic E-state index is 0.00197. The first kappa shape index (κ1) is 23.4. The molecule has 3 fully saturated rings. The summed E-state index contributed by atoms with van der Waals surface area (Å²) in [5, 5.41) is 3.34. The van der Waals surface area contributed by atoms with E-state index in [0.717, 1.165) is 51.7 Å². The molecule has 0 saturated carbocycles. The Morgan fingerprint density at radius 2 is 1.82 bits per heavy atom. The van der Waals surface area contributed by atoms with E-state index in [1.165, 1.54) is 27.8 Å². The van der Waals surface area contributed by atoms with Gasteiger partial charge in [-0.1, -0.05) is 70.2 Å². The standard InChI is InChI=1S/C30H40N2O2/c1-5-30(6-2)18-25-17-24(23-9-7-8-22(16-23)20(3)4)10-11-26(25)28(30)31-29(33)34-27-19-32-14-12-21(27)13-15-32/h7-11,16-17,20-21,27-28H,5-6,12-15,18-19H2,1-4H3,(H,31,33)/t27-,28?/m0/s1. The molecule has 1 unspecified atom stereocenters. The van der Waals surface area contributed by atoms with Crippen LogP contribution in [0.15, 0.2) is 42.5 Å². The molecule has 0 aromatic heterocycles. The molecule has 3 saturated heterocycles. The summed E-state index contributed by atoms with van der Waals surface area (Å²) in [5.41, 5.74) is 6.56. The molecule has 6 rings (SSSR count). The number of carbonyl (C=O) groups is 1. The second-order valence-corrected chi connectivity index (χ2v) is 11.1. The number of rotatable bonds is 6. The maximum atomic E-state index is 13.1. The first-order valence-corrected chi connectivity index (χ1v) is 13.3. The average Bonchev–Trinajstić information content (AvgIpc) is 3.17. The number of alkyl carbamates (subject to hydrolysis) is 1. The van der Waals surface area contributed by atoms with Crippen molar-refractivity contribution in [2.75, 3.05) is 19.6 Å². The molecular weight excluding hydrogens is 420 g/mol. The monoisotopic (exact) mass is 460 g/mol. The molecule has 3 heterocycles. The van der Waals surface area contributed by atoms with Crippen molar-refractivity contribution >= 4 is 6.09 Å². The first-order valence-electron chi connectivity index (χ1n) is 13.3. The average molecular weight is 461 g/mol. The van der Waals surface area contributed by atoms with Gasteiger partial charge in [0.25, 0.3) is 0 Å². The lowest BCUT2D eigenvalue weighted by atomic mass is 9.76. The molecule has 2 aromatic carbocycles. The highest BCUT2D eigenvalue weighted by atomic mass is 16.6. The third-order valence-corrected chi connectivity index (χ3v) is 9.02. The third-order valence-electron chi connectivity index (χ3n) is 9.02. The van der Waals surface area contributed by atoms with Crippen molar-refractivity contribution in [1.82, 2.24) is 10.2 Å². The molecule has 3 aliphatic heterocycles. The molecule has 1 aliphatic carbocycles. The van der Waals surface area contributed by atoms with Gasteiger partial charge in [-0.15, -0.1) is 0 Å². The molecule has 182 valence electrons. The van der Waals surface area contributed by atoms with Gasteiger partial charge in [0.15, 0.2) is 0 Å². The number of carbonyl (C=O) groups excluding carboxylic acids is 1. The number of nitrogens with zero attached hydrogens (tertiary/aromatic N) is 1. The Bertz CT molecular complexity index is 1030. The van der Waals surface area contributed by atoms with Gasteiger partial charge in [0.05, 0.1) is 6.04 Å². The van der Waals surface area contributed by atoms with Crippen LogP contribution in [0, 0.1) is 11.3 Å². The van der Waals surface area contributed by atoms with Crippen LogP contribution in [0.25, 0.3) is 11.1 Å². The van der Waals surface area contributed by atoms with Gasteiger partial charge < -0.3 is 10.1 Å². The van der Waals surface area contributed by atoms with Gasteiger partial charge in [0.1, 0.15) is 6.10 Å². The predicted molar refractivity (Wildman–Crippen MR) is 138 cm³/mol. The molecule has 0 spiro atoms. The van der Waals surface area contributed by atoms with Gasteiger partial charge in [-0.2, -0.15) is 0 Å². The van der Waals surface area contributed by atoms with Crippen LogP contribution in [-0.2, 0) is 11.2 Å². The van der Waals surface area contributed by atoms with Crippen LogP contribution in [0.1, 0.15) is 82.0 Å². The lowest BCUT2D eigenvalue weighted by molar-refractivity contribution is -0.0353. The van der Waals surface area contributed by atoms with Crippen molar-refractivity contribution in [2.24, 2.45) is 11.3 Å². The number of hydrogen-bond donors (Lipinski definition) is 1. The smallest absolute Gasteiger partial charge is 0.407 e. The molecule has 1 amide bonds. The Morgan fingerprint density at radius 1 is 1.09 bits per heavy atom. The minimum Gasteiger partial charge on any atom is -0.445 e. The SMILES string of the molecule is CCC1(CC)Cc2cc(-c3cccc(C(C)C)c3)ccc2C1NC(=O)O[C@H]1CN2CCC1CC2. The molecule has 4 nitrogen and oxygen atoms in total. The predicted octanol–water partition coefficient (Wildman–Crippen LogP) is 6.70. The molecule has 0 radical (unpaired) electrons. The van der Waals surface area contributed by atoms with Crippen molar-refractivity contribution in [2.45, 2.75) is 77.9 Å². The summed E-state index contributed by atoms with van der Waals surface area (Å²) < 4.78 is 6.02. The summed E-state index contributed by atoms with van der Waals surface area (Å²) in [6.45, 7) is 12.2. The Labute approximate surface area is 205 Å². The molecule has 2 bridgehead atoms. The van der Waals surface area contributed by atoms with E-state index in [1.54, 1.807) is 0 Å². The van der Waals surface area contributed by atoms with E-state index in [4.69, 9.17) is 4.74 Å².